The molecule has 0 saturated carbocycles. The number of nitrogens with zero attached hydrogens (tertiary/aromatic N) is 1. The maximum absolute atomic E-state index is 14.7. The number of rotatable bonds is 7. The lowest BCUT2D eigenvalue weighted by Crippen LogP contribution is -2.36. The molecule has 3 aromatic carbocycles. The van der Waals surface area contributed by atoms with Gasteiger partial charge in [0, 0.05) is 12.6 Å². The minimum absolute atomic E-state index is 0.0745. The number of carbonyl (C=O) groups excluding carboxylic acids is 1. The van der Waals surface area contributed by atoms with E-state index in [1.54, 1.807) is 30.3 Å². The minimum atomic E-state index is -4.75. The van der Waals surface area contributed by atoms with Crippen molar-refractivity contribution in [3.63, 3.8) is 0 Å². The highest BCUT2D eigenvalue weighted by Gasteiger charge is 2.40. The highest BCUT2D eigenvalue weighted by atomic mass is 19.4. The number of ether oxygens (including phenoxy) is 1. The molecule has 1 unspecified atom stereocenters. The lowest BCUT2D eigenvalue weighted by atomic mass is 9.83. The molecule has 36 heavy (non-hydrogen) atoms. The number of alkyl halides is 3. The molecule has 1 atom stereocenters. The maximum atomic E-state index is 14.7. The van der Waals surface area contributed by atoms with Crippen LogP contribution in [-0.4, -0.2) is 35.7 Å². The lowest BCUT2D eigenvalue weighted by Gasteiger charge is -2.25. The maximum Gasteiger partial charge on any atom is 0.416 e. The molecule has 1 heterocycles. The number of ketones is 1. The van der Waals surface area contributed by atoms with E-state index in [0.717, 1.165) is 6.07 Å². The van der Waals surface area contributed by atoms with Crippen LogP contribution >= 0.6 is 0 Å². The molecule has 184 valence electrons. The Balaban J connectivity index is 1.74. The fourth-order valence-electron chi connectivity index (χ4n) is 4.07. The average Bonchev–Trinajstić information content (AvgIpc) is 3.32. The van der Waals surface area contributed by atoms with Crippen molar-refractivity contribution in [2.24, 2.45) is 4.99 Å². The number of carboxylic acid groups (broad SMARTS) is 1. The van der Waals surface area contributed by atoms with E-state index in [1.165, 1.54) is 37.6 Å². The third-order valence-corrected chi connectivity index (χ3v) is 5.88. The molecule has 0 saturated heterocycles. The van der Waals surface area contributed by atoms with Crippen molar-refractivity contribution in [1.82, 2.24) is 0 Å². The summed E-state index contributed by atoms with van der Waals surface area (Å²) in [6.45, 7) is 0. The summed E-state index contributed by atoms with van der Waals surface area (Å²) in [7, 11) is 1.43. The topological polar surface area (TPSA) is 76.0 Å². The first kappa shape index (κ1) is 24.8. The van der Waals surface area contributed by atoms with Gasteiger partial charge in [-0.05, 0) is 71.3 Å². The SMILES string of the molecule is COc1ccc(-c2cccc(C(=O)O)c2)cc1CC1(C(=O)c2ccc(C(F)(F)F)cc2F)C=CC=N1. The first-order chi connectivity index (χ1) is 17.0. The zero-order valence-electron chi connectivity index (χ0n) is 18.8. The number of benzene rings is 3. The third kappa shape index (κ3) is 4.77. The van der Waals surface area contributed by atoms with Gasteiger partial charge in [0.25, 0.3) is 0 Å². The lowest BCUT2D eigenvalue weighted by molar-refractivity contribution is -0.137. The van der Waals surface area contributed by atoms with Crippen molar-refractivity contribution in [3.05, 3.63) is 101 Å². The number of Topliss-reactive ketones (excluding diaryl/α,β-unsaturated/α-hetero) is 1. The van der Waals surface area contributed by atoms with Crippen LogP contribution in [0.3, 0.4) is 0 Å². The summed E-state index contributed by atoms with van der Waals surface area (Å²) < 4.78 is 59.0. The molecule has 0 bridgehead atoms. The van der Waals surface area contributed by atoms with Gasteiger partial charge in [0.05, 0.1) is 23.8 Å². The summed E-state index contributed by atoms with van der Waals surface area (Å²) in [6.07, 6.45) is -0.491. The van der Waals surface area contributed by atoms with E-state index >= 15 is 0 Å². The Morgan fingerprint density at radius 2 is 1.78 bits per heavy atom. The van der Waals surface area contributed by atoms with Gasteiger partial charge in [-0.15, -0.1) is 0 Å². The van der Waals surface area contributed by atoms with Gasteiger partial charge in [0.15, 0.2) is 5.78 Å². The number of allylic oxidation sites excluding steroid dienone is 1. The largest absolute Gasteiger partial charge is 0.496 e. The number of aromatic carboxylic acids is 1. The van der Waals surface area contributed by atoms with Crippen molar-refractivity contribution in [2.45, 2.75) is 18.1 Å². The van der Waals surface area contributed by atoms with Crippen LogP contribution in [0.25, 0.3) is 11.1 Å². The van der Waals surface area contributed by atoms with Gasteiger partial charge in [-0.25, -0.2) is 9.18 Å². The molecular weight excluding hydrogens is 478 g/mol. The van der Waals surface area contributed by atoms with E-state index in [2.05, 4.69) is 4.99 Å². The number of hydrogen-bond acceptors (Lipinski definition) is 4. The monoisotopic (exact) mass is 497 g/mol. The van der Waals surface area contributed by atoms with E-state index in [4.69, 9.17) is 4.74 Å². The molecular formula is C27H19F4NO4. The van der Waals surface area contributed by atoms with Crippen molar-refractivity contribution in [1.29, 1.82) is 0 Å². The molecule has 0 amide bonds. The van der Waals surface area contributed by atoms with Crippen molar-refractivity contribution in [2.75, 3.05) is 7.11 Å². The molecule has 0 aliphatic carbocycles. The number of halogens is 4. The predicted octanol–water partition coefficient (Wildman–Crippen LogP) is 6.02. The zero-order valence-corrected chi connectivity index (χ0v) is 18.8. The van der Waals surface area contributed by atoms with Crippen LogP contribution in [0.5, 0.6) is 5.75 Å². The molecule has 3 aromatic rings. The van der Waals surface area contributed by atoms with E-state index in [0.29, 0.717) is 34.6 Å². The molecule has 9 heteroatoms. The van der Waals surface area contributed by atoms with Crippen LogP contribution in [0.1, 0.15) is 31.8 Å². The Labute approximate surface area is 203 Å². The standard InChI is InChI=1S/C27H19F4NO4/c1-36-23-9-6-17(16-4-2-5-18(12-16)25(34)35)13-19(23)15-26(10-3-11-32-26)24(33)21-8-7-20(14-22(21)28)27(29,30)31/h2-14H,15H2,1H3,(H,34,35). The van der Waals surface area contributed by atoms with Crippen LogP contribution in [0, 0.1) is 5.82 Å². The summed E-state index contributed by atoms with van der Waals surface area (Å²) in [4.78, 5) is 29.1. The summed E-state index contributed by atoms with van der Waals surface area (Å²) in [5, 5.41) is 9.30. The van der Waals surface area contributed by atoms with Gasteiger partial charge in [0.1, 0.15) is 17.1 Å². The predicted molar refractivity (Wildman–Crippen MR) is 125 cm³/mol. The first-order valence-electron chi connectivity index (χ1n) is 10.7. The summed E-state index contributed by atoms with van der Waals surface area (Å²) in [5.74, 6) is -2.78. The fraction of sp³-hybridized carbons (Fsp3) is 0.148. The van der Waals surface area contributed by atoms with Gasteiger partial charge >= 0.3 is 12.1 Å². The summed E-state index contributed by atoms with van der Waals surface area (Å²) >= 11 is 0. The van der Waals surface area contributed by atoms with Crippen molar-refractivity contribution < 1.29 is 37.0 Å². The van der Waals surface area contributed by atoms with Gasteiger partial charge in [0.2, 0.25) is 0 Å². The van der Waals surface area contributed by atoms with E-state index < -0.39 is 40.4 Å². The van der Waals surface area contributed by atoms with Crippen molar-refractivity contribution >= 4 is 18.0 Å². The molecule has 1 aliphatic rings. The number of methoxy groups -OCH3 is 1. The molecule has 4 rings (SSSR count). The van der Waals surface area contributed by atoms with E-state index in [9.17, 15) is 32.3 Å². The quantitative estimate of drug-likeness (QED) is 0.320. The highest BCUT2D eigenvalue weighted by molar-refractivity contribution is 6.07. The summed E-state index contributed by atoms with van der Waals surface area (Å²) in [6, 6.07) is 13.1. The third-order valence-electron chi connectivity index (χ3n) is 5.88. The Bertz CT molecular complexity index is 1400. The highest BCUT2D eigenvalue weighted by Crippen LogP contribution is 2.36. The number of carboxylic acids is 1. The molecule has 0 radical (unpaired) electrons. The van der Waals surface area contributed by atoms with Crippen LogP contribution < -0.4 is 4.74 Å². The number of carbonyl (C=O) groups is 2. The van der Waals surface area contributed by atoms with E-state index in [1.807, 2.05) is 0 Å². The van der Waals surface area contributed by atoms with E-state index in [-0.39, 0.29) is 12.0 Å². The summed E-state index contributed by atoms with van der Waals surface area (Å²) in [5.41, 5.74) is -1.46. The zero-order chi connectivity index (χ0) is 26.1. The minimum Gasteiger partial charge on any atom is -0.496 e. The number of hydrogen-bond donors (Lipinski definition) is 1. The molecule has 0 spiro atoms. The Kier molecular flexibility index (Phi) is 6.49. The molecule has 0 fully saturated rings. The van der Waals surface area contributed by atoms with Crippen LogP contribution in [0.15, 0.2) is 77.8 Å². The Hall–Kier alpha value is -4.27. The van der Waals surface area contributed by atoms with Gasteiger partial charge in [-0.3, -0.25) is 9.79 Å². The normalized spacial score (nSPS) is 16.8. The van der Waals surface area contributed by atoms with Crippen LogP contribution in [0.4, 0.5) is 17.6 Å². The molecule has 1 aliphatic heterocycles. The van der Waals surface area contributed by atoms with Gasteiger partial charge in [-0.2, -0.15) is 13.2 Å². The van der Waals surface area contributed by atoms with Crippen LogP contribution in [0.2, 0.25) is 0 Å². The Morgan fingerprint density at radius 3 is 2.39 bits per heavy atom. The van der Waals surface area contributed by atoms with Crippen molar-refractivity contribution in [3.8, 4) is 16.9 Å². The fourth-order valence-corrected chi connectivity index (χ4v) is 4.07. The molecule has 1 N–H and O–H groups in total. The number of aliphatic imine (C=N–C) groups is 1. The first-order valence-corrected chi connectivity index (χ1v) is 10.7. The Morgan fingerprint density at radius 1 is 1.03 bits per heavy atom. The second-order valence-corrected chi connectivity index (χ2v) is 8.17. The average molecular weight is 497 g/mol. The van der Waals surface area contributed by atoms with Gasteiger partial charge in [-0.1, -0.05) is 18.2 Å². The smallest absolute Gasteiger partial charge is 0.416 e. The van der Waals surface area contributed by atoms with Crippen LogP contribution in [-0.2, 0) is 12.6 Å². The van der Waals surface area contributed by atoms with Gasteiger partial charge < -0.3 is 9.84 Å². The second-order valence-electron chi connectivity index (χ2n) is 8.17. The second kappa shape index (κ2) is 9.41. The molecule has 5 nitrogen and oxygen atoms in total. The molecule has 0 aromatic heterocycles.